The first-order valence-electron chi connectivity index (χ1n) is 8.37. The van der Waals surface area contributed by atoms with Gasteiger partial charge in [-0.15, -0.1) is 0 Å². The van der Waals surface area contributed by atoms with Crippen LogP contribution < -0.4 is 5.32 Å². The summed E-state index contributed by atoms with van der Waals surface area (Å²) in [5.74, 6) is -0.143. The molecule has 1 amide bonds. The summed E-state index contributed by atoms with van der Waals surface area (Å²) in [5, 5.41) is 6.52. The van der Waals surface area contributed by atoms with Crippen molar-refractivity contribution in [1.29, 1.82) is 0 Å². The number of rotatable bonds is 4. The molecule has 1 fully saturated rings. The smallest absolute Gasteiger partial charge is 0.321 e. The molecule has 6 nitrogen and oxygen atoms in total. The Morgan fingerprint density at radius 1 is 1.21 bits per heavy atom. The monoisotopic (exact) mass is 407 g/mol. The normalized spacial score (nSPS) is 14.1. The van der Waals surface area contributed by atoms with E-state index in [1.807, 2.05) is 0 Å². The van der Waals surface area contributed by atoms with Crippen molar-refractivity contribution in [3.8, 4) is 5.82 Å². The maximum absolute atomic E-state index is 13.0. The van der Waals surface area contributed by atoms with Gasteiger partial charge in [-0.25, -0.2) is 9.67 Å². The van der Waals surface area contributed by atoms with Crippen LogP contribution in [0.4, 0.5) is 18.9 Å². The van der Waals surface area contributed by atoms with Gasteiger partial charge in [0.2, 0.25) is 0 Å². The number of anilines is 1. The van der Waals surface area contributed by atoms with Crippen molar-refractivity contribution in [1.82, 2.24) is 19.7 Å². The van der Waals surface area contributed by atoms with E-state index in [2.05, 4.69) is 20.4 Å². The van der Waals surface area contributed by atoms with Crippen molar-refractivity contribution in [2.24, 2.45) is 0 Å². The molecule has 10 heteroatoms. The van der Waals surface area contributed by atoms with E-state index in [9.17, 15) is 18.0 Å². The van der Waals surface area contributed by atoms with E-state index in [-0.39, 0.29) is 22.3 Å². The summed E-state index contributed by atoms with van der Waals surface area (Å²) < 4.78 is 40.3. The number of hydrogen-bond acceptors (Lipinski definition) is 4. The number of alkyl halides is 3. The van der Waals surface area contributed by atoms with E-state index >= 15 is 0 Å². The molecule has 0 unspecified atom stereocenters. The third kappa shape index (κ3) is 3.70. The molecule has 4 rings (SSSR count). The summed E-state index contributed by atoms with van der Waals surface area (Å²) in [7, 11) is 0. The maximum atomic E-state index is 13.0. The summed E-state index contributed by atoms with van der Waals surface area (Å²) in [6.45, 7) is 0. The van der Waals surface area contributed by atoms with E-state index in [1.165, 1.54) is 35.4 Å². The molecule has 0 bridgehead atoms. The summed E-state index contributed by atoms with van der Waals surface area (Å²) in [6.07, 6.45) is 1.28. The van der Waals surface area contributed by atoms with Crippen LogP contribution in [-0.2, 0) is 6.18 Å². The lowest BCUT2D eigenvalue weighted by atomic mass is 10.2. The van der Waals surface area contributed by atoms with Crippen LogP contribution in [-0.4, -0.2) is 25.7 Å². The van der Waals surface area contributed by atoms with Crippen LogP contribution in [0.1, 0.15) is 40.5 Å². The lowest BCUT2D eigenvalue weighted by Crippen LogP contribution is -2.13. The zero-order chi connectivity index (χ0) is 19.9. The number of amides is 1. The number of hydrogen-bond donors (Lipinski definition) is 1. The topological polar surface area (TPSA) is 72.7 Å². The highest BCUT2D eigenvalue weighted by Gasteiger charge is 2.38. The Morgan fingerprint density at radius 2 is 2.00 bits per heavy atom. The largest absolute Gasteiger partial charge is 0.435 e. The lowest BCUT2D eigenvalue weighted by molar-refractivity contribution is -0.141. The van der Waals surface area contributed by atoms with Crippen molar-refractivity contribution in [3.05, 3.63) is 64.8 Å². The van der Waals surface area contributed by atoms with Gasteiger partial charge in [0.25, 0.3) is 5.91 Å². The molecule has 0 radical (unpaired) electrons. The van der Waals surface area contributed by atoms with Gasteiger partial charge in [0.15, 0.2) is 11.5 Å². The van der Waals surface area contributed by atoms with Crippen molar-refractivity contribution < 1.29 is 18.0 Å². The van der Waals surface area contributed by atoms with Crippen molar-refractivity contribution >= 4 is 23.2 Å². The van der Waals surface area contributed by atoms with E-state index in [0.717, 1.165) is 18.9 Å². The number of carbonyl (C=O) groups excluding carboxylic acids is 1. The van der Waals surface area contributed by atoms with E-state index in [0.29, 0.717) is 11.4 Å². The highest BCUT2D eigenvalue weighted by molar-refractivity contribution is 6.34. The van der Waals surface area contributed by atoms with Crippen LogP contribution >= 0.6 is 11.6 Å². The van der Waals surface area contributed by atoms with Crippen molar-refractivity contribution in [3.63, 3.8) is 0 Å². The molecule has 3 aromatic heterocycles. The van der Waals surface area contributed by atoms with E-state index < -0.39 is 17.8 Å². The first-order chi connectivity index (χ1) is 13.3. The van der Waals surface area contributed by atoms with E-state index in [4.69, 9.17) is 11.6 Å². The molecular formula is C18H13ClF3N5O. The second kappa shape index (κ2) is 6.90. The molecule has 0 aromatic carbocycles. The first kappa shape index (κ1) is 18.4. The number of nitrogens with zero attached hydrogens (tertiary/aromatic N) is 4. The fourth-order valence-electron chi connectivity index (χ4n) is 2.73. The average Bonchev–Trinajstić information content (AvgIpc) is 3.39. The van der Waals surface area contributed by atoms with Crippen molar-refractivity contribution in [2.45, 2.75) is 24.9 Å². The van der Waals surface area contributed by atoms with Gasteiger partial charge in [0, 0.05) is 24.0 Å². The van der Waals surface area contributed by atoms with Crippen LogP contribution in [0.15, 0.2) is 42.9 Å². The predicted molar refractivity (Wildman–Crippen MR) is 95.5 cm³/mol. The highest BCUT2D eigenvalue weighted by Crippen LogP contribution is 2.42. The van der Waals surface area contributed by atoms with Gasteiger partial charge >= 0.3 is 6.18 Å². The van der Waals surface area contributed by atoms with Gasteiger partial charge in [-0.2, -0.15) is 18.3 Å². The fraction of sp³-hybridized carbons (Fsp3) is 0.222. The molecule has 3 heterocycles. The third-order valence-corrected chi connectivity index (χ3v) is 4.56. The number of aromatic nitrogens is 4. The standard InChI is InChI=1S/C18H13ClF3N5O/c19-13-9-23-6-5-12(13)17(28)25-11-3-4-16(24-8-11)27-14(10-1-2-10)7-15(26-27)18(20,21)22/h3-10H,1-2H2,(H,25,28). The second-order valence-corrected chi connectivity index (χ2v) is 6.76. The lowest BCUT2D eigenvalue weighted by Gasteiger charge is -2.09. The fourth-order valence-corrected chi connectivity index (χ4v) is 2.94. The van der Waals surface area contributed by atoms with Crippen LogP contribution in [0.25, 0.3) is 5.82 Å². The molecule has 3 aromatic rings. The molecular weight excluding hydrogens is 395 g/mol. The Kier molecular flexibility index (Phi) is 4.54. The molecule has 0 saturated heterocycles. The zero-order valence-electron chi connectivity index (χ0n) is 14.2. The number of halogens is 4. The van der Waals surface area contributed by atoms with Gasteiger partial charge in [-0.3, -0.25) is 9.78 Å². The number of pyridine rings is 2. The van der Waals surface area contributed by atoms with Crippen LogP contribution in [0.5, 0.6) is 0 Å². The van der Waals surface area contributed by atoms with E-state index in [1.54, 1.807) is 6.07 Å². The van der Waals surface area contributed by atoms with Gasteiger partial charge in [0.05, 0.1) is 22.5 Å². The first-order valence-corrected chi connectivity index (χ1v) is 8.75. The van der Waals surface area contributed by atoms with Gasteiger partial charge in [0.1, 0.15) is 0 Å². The Labute approximate surface area is 162 Å². The summed E-state index contributed by atoms with van der Waals surface area (Å²) >= 11 is 5.94. The average molecular weight is 408 g/mol. The Bertz CT molecular complexity index is 1030. The maximum Gasteiger partial charge on any atom is 0.435 e. The molecule has 1 saturated carbocycles. The van der Waals surface area contributed by atoms with Crippen molar-refractivity contribution in [2.75, 3.05) is 5.32 Å². The minimum atomic E-state index is -4.52. The van der Waals surface area contributed by atoms with Crippen LogP contribution in [0.3, 0.4) is 0 Å². The Morgan fingerprint density at radius 3 is 2.61 bits per heavy atom. The minimum absolute atomic E-state index is 0.0543. The molecule has 0 spiro atoms. The Balaban J connectivity index is 1.58. The SMILES string of the molecule is O=C(Nc1ccc(-n2nc(C(F)(F)F)cc2C2CC2)nc1)c1ccncc1Cl. The Hall–Kier alpha value is -2.94. The van der Waals surface area contributed by atoms with Crippen LogP contribution in [0, 0.1) is 0 Å². The van der Waals surface area contributed by atoms with Gasteiger partial charge < -0.3 is 5.32 Å². The number of nitrogens with one attached hydrogen (secondary N) is 1. The predicted octanol–water partition coefficient (Wildman–Crippen LogP) is 4.46. The summed E-state index contributed by atoms with van der Waals surface area (Å²) in [5.41, 5.74) is 0.164. The molecule has 28 heavy (non-hydrogen) atoms. The quantitative estimate of drug-likeness (QED) is 0.692. The summed E-state index contributed by atoms with van der Waals surface area (Å²) in [6, 6.07) is 5.59. The zero-order valence-corrected chi connectivity index (χ0v) is 15.0. The summed E-state index contributed by atoms with van der Waals surface area (Å²) in [4.78, 5) is 20.2. The van der Waals surface area contributed by atoms with Gasteiger partial charge in [-0.05, 0) is 37.1 Å². The molecule has 144 valence electrons. The third-order valence-electron chi connectivity index (χ3n) is 4.26. The minimum Gasteiger partial charge on any atom is -0.321 e. The van der Waals surface area contributed by atoms with Gasteiger partial charge in [-0.1, -0.05) is 11.6 Å². The molecule has 0 aliphatic heterocycles. The second-order valence-electron chi connectivity index (χ2n) is 6.35. The molecule has 0 atom stereocenters. The highest BCUT2D eigenvalue weighted by atomic mass is 35.5. The molecule has 1 aliphatic rings. The number of carbonyl (C=O) groups is 1. The molecule has 1 N–H and O–H groups in total. The van der Waals surface area contributed by atoms with Crippen LogP contribution in [0.2, 0.25) is 5.02 Å². The molecule has 1 aliphatic carbocycles.